The summed E-state index contributed by atoms with van der Waals surface area (Å²) in [7, 11) is 0. The molecule has 1 aromatic heterocycles. The summed E-state index contributed by atoms with van der Waals surface area (Å²) in [5.41, 5.74) is 3.45. The lowest BCUT2D eigenvalue weighted by molar-refractivity contribution is 0.488. The van der Waals surface area contributed by atoms with Crippen molar-refractivity contribution < 1.29 is 4.74 Å². The van der Waals surface area contributed by atoms with Gasteiger partial charge in [0.15, 0.2) is 0 Å². The highest BCUT2D eigenvalue weighted by molar-refractivity contribution is 6.22. The lowest BCUT2D eigenvalue weighted by Gasteiger charge is -2.22. The molecule has 33 heavy (non-hydrogen) atoms. The SMILES string of the molecule is CC(C)Cc1ccc2ccc3c4ccnc5c4c(cc3c2c1)Oc1cc2ccccc2cc1-5. The fraction of sp³-hybridized carbons (Fsp3) is 0.129. The molecule has 0 spiro atoms. The minimum atomic E-state index is 0.628. The fourth-order valence-corrected chi connectivity index (χ4v) is 5.41. The second-order valence-corrected chi connectivity index (χ2v) is 9.57. The molecular formula is C31H23NO. The third-order valence-corrected chi connectivity index (χ3v) is 6.86. The lowest BCUT2D eigenvalue weighted by Crippen LogP contribution is -2.00. The summed E-state index contributed by atoms with van der Waals surface area (Å²) in [6.07, 6.45) is 3.02. The van der Waals surface area contributed by atoms with Crippen LogP contribution in [0.1, 0.15) is 19.4 Å². The van der Waals surface area contributed by atoms with Gasteiger partial charge in [-0.2, -0.15) is 0 Å². The van der Waals surface area contributed by atoms with Crippen molar-refractivity contribution >= 4 is 43.1 Å². The van der Waals surface area contributed by atoms with E-state index in [4.69, 9.17) is 9.72 Å². The van der Waals surface area contributed by atoms with Gasteiger partial charge in [-0.15, -0.1) is 0 Å². The first-order valence-electron chi connectivity index (χ1n) is 11.6. The van der Waals surface area contributed by atoms with Crippen LogP contribution in [0.4, 0.5) is 0 Å². The Morgan fingerprint density at radius 2 is 1.52 bits per heavy atom. The summed E-state index contributed by atoms with van der Waals surface area (Å²) >= 11 is 0. The van der Waals surface area contributed by atoms with Gasteiger partial charge < -0.3 is 4.74 Å². The summed E-state index contributed by atoms with van der Waals surface area (Å²) in [6, 6.07) is 28.5. The van der Waals surface area contributed by atoms with E-state index in [1.54, 1.807) is 0 Å². The van der Waals surface area contributed by atoms with E-state index in [1.807, 2.05) is 6.20 Å². The minimum Gasteiger partial charge on any atom is -0.456 e. The van der Waals surface area contributed by atoms with Crippen LogP contribution in [-0.4, -0.2) is 4.98 Å². The van der Waals surface area contributed by atoms with E-state index >= 15 is 0 Å². The first kappa shape index (κ1) is 18.6. The number of hydrogen-bond acceptors (Lipinski definition) is 2. The molecule has 2 nitrogen and oxygen atoms in total. The Labute approximate surface area is 192 Å². The predicted molar refractivity (Wildman–Crippen MR) is 138 cm³/mol. The molecule has 0 unspecified atom stereocenters. The molecule has 0 amide bonds. The number of hydrogen-bond donors (Lipinski definition) is 0. The molecule has 2 heterocycles. The molecule has 1 aliphatic heterocycles. The Morgan fingerprint density at radius 3 is 2.36 bits per heavy atom. The zero-order chi connectivity index (χ0) is 22.1. The molecule has 0 fully saturated rings. The molecule has 0 bridgehead atoms. The molecule has 0 radical (unpaired) electrons. The Balaban J connectivity index is 1.56. The number of pyridine rings is 1. The fourth-order valence-electron chi connectivity index (χ4n) is 5.41. The third kappa shape index (κ3) is 2.77. The highest BCUT2D eigenvalue weighted by Crippen LogP contribution is 2.49. The van der Waals surface area contributed by atoms with Gasteiger partial charge in [0.1, 0.15) is 11.5 Å². The van der Waals surface area contributed by atoms with Gasteiger partial charge in [0, 0.05) is 11.8 Å². The van der Waals surface area contributed by atoms with E-state index in [-0.39, 0.29) is 0 Å². The highest BCUT2D eigenvalue weighted by Gasteiger charge is 2.23. The van der Waals surface area contributed by atoms with Crippen molar-refractivity contribution in [3.8, 4) is 22.8 Å². The maximum Gasteiger partial charge on any atom is 0.138 e. The molecule has 158 valence electrons. The van der Waals surface area contributed by atoms with Gasteiger partial charge in [0.25, 0.3) is 0 Å². The number of fused-ring (bicyclic) bond motifs is 7. The van der Waals surface area contributed by atoms with Crippen molar-refractivity contribution in [2.45, 2.75) is 20.3 Å². The zero-order valence-corrected chi connectivity index (χ0v) is 18.7. The van der Waals surface area contributed by atoms with E-state index in [2.05, 4.69) is 92.7 Å². The van der Waals surface area contributed by atoms with Gasteiger partial charge >= 0.3 is 0 Å². The molecule has 1 aliphatic rings. The second-order valence-electron chi connectivity index (χ2n) is 9.57. The van der Waals surface area contributed by atoms with Crippen LogP contribution in [0, 0.1) is 5.92 Å². The van der Waals surface area contributed by atoms with Crippen molar-refractivity contribution in [1.82, 2.24) is 4.98 Å². The number of rotatable bonds is 2. The van der Waals surface area contributed by atoms with E-state index in [0.29, 0.717) is 5.92 Å². The lowest BCUT2D eigenvalue weighted by atomic mass is 9.91. The predicted octanol–water partition coefficient (Wildman–Crippen LogP) is 8.67. The Morgan fingerprint density at radius 1 is 0.697 bits per heavy atom. The van der Waals surface area contributed by atoms with Crippen LogP contribution in [0.25, 0.3) is 54.3 Å². The maximum atomic E-state index is 6.57. The van der Waals surface area contributed by atoms with Crippen molar-refractivity contribution in [2.24, 2.45) is 5.92 Å². The molecule has 0 atom stereocenters. The molecule has 0 saturated carbocycles. The smallest absolute Gasteiger partial charge is 0.138 e. The number of nitrogens with zero attached hydrogens (tertiary/aromatic N) is 1. The Hall–Kier alpha value is -3.91. The molecular weight excluding hydrogens is 402 g/mol. The number of benzene rings is 5. The van der Waals surface area contributed by atoms with Gasteiger partial charge in [-0.05, 0) is 79.9 Å². The second kappa shape index (κ2) is 6.79. The van der Waals surface area contributed by atoms with Crippen LogP contribution in [0.15, 0.2) is 85.1 Å². The van der Waals surface area contributed by atoms with Crippen LogP contribution in [0.2, 0.25) is 0 Å². The molecule has 0 saturated heterocycles. The highest BCUT2D eigenvalue weighted by atomic mass is 16.5. The topological polar surface area (TPSA) is 22.1 Å². The van der Waals surface area contributed by atoms with Gasteiger partial charge in [0.05, 0.1) is 11.1 Å². The van der Waals surface area contributed by atoms with E-state index in [0.717, 1.165) is 34.6 Å². The van der Waals surface area contributed by atoms with E-state index in [9.17, 15) is 0 Å². The summed E-state index contributed by atoms with van der Waals surface area (Å²) in [5.74, 6) is 2.40. The molecule has 5 aromatic carbocycles. The van der Waals surface area contributed by atoms with Gasteiger partial charge in [-0.25, -0.2) is 0 Å². The average Bonchev–Trinajstić information content (AvgIpc) is 2.83. The normalized spacial score (nSPS) is 12.6. The van der Waals surface area contributed by atoms with Crippen LogP contribution in [-0.2, 0) is 6.42 Å². The van der Waals surface area contributed by atoms with Crippen LogP contribution in [0.5, 0.6) is 11.5 Å². The third-order valence-electron chi connectivity index (χ3n) is 6.86. The first-order chi connectivity index (χ1) is 16.2. The van der Waals surface area contributed by atoms with Crippen molar-refractivity contribution in [2.75, 3.05) is 0 Å². The maximum absolute atomic E-state index is 6.57. The van der Waals surface area contributed by atoms with Crippen molar-refractivity contribution in [3.05, 3.63) is 90.6 Å². The van der Waals surface area contributed by atoms with Crippen LogP contribution >= 0.6 is 0 Å². The Kier molecular flexibility index (Phi) is 3.84. The molecule has 7 rings (SSSR count). The number of ether oxygens (including phenoxy) is 1. The number of aromatic nitrogens is 1. The summed E-state index contributed by atoms with van der Waals surface area (Å²) in [6.45, 7) is 4.54. The molecule has 2 heteroatoms. The monoisotopic (exact) mass is 425 g/mol. The van der Waals surface area contributed by atoms with E-state index in [1.165, 1.54) is 43.3 Å². The van der Waals surface area contributed by atoms with Crippen LogP contribution < -0.4 is 4.74 Å². The first-order valence-corrected chi connectivity index (χ1v) is 11.6. The Bertz CT molecular complexity index is 1750. The summed E-state index contributed by atoms with van der Waals surface area (Å²) in [4.78, 5) is 4.82. The standard InChI is InChI=1S/C31H23NO/c1-18(2)13-19-7-8-20-9-10-23-24-11-12-32-31-27-15-21-5-3-4-6-22(21)16-28(27)33-29(30(24)31)17-26(23)25(20)14-19/h3-12,14-18H,13H2,1-2H3. The van der Waals surface area contributed by atoms with Crippen molar-refractivity contribution in [3.63, 3.8) is 0 Å². The summed E-state index contributed by atoms with van der Waals surface area (Å²) in [5, 5.41) is 9.71. The average molecular weight is 426 g/mol. The molecule has 0 N–H and O–H groups in total. The quantitative estimate of drug-likeness (QED) is 0.259. The van der Waals surface area contributed by atoms with Gasteiger partial charge in [-0.3, -0.25) is 4.98 Å². The molecule has 0 aliphatic carbocycles. The van der Waals surface area contributed by atoms with Crippen LogP contribution in [0.3, 0.4) is 0 Å². The molecule has 6 aromatic rings. The van der Waals surface area contributed by atoms with Gasteiger partial charge in [-0.1, -0.05) is 68.4 Å². The zero-order valence-electron chi connectivity index (χ0n) is 18.7. The largest absolute Gasteiger partial charge is 0.456 e. The van der Waals surface area contributed by atoms with E-state index < -0.39 is 0 Å². The van der Waals surface area contributed by atoms with Gasteiger partial charge in [0.2, 0.25) is 0 Å². The van der Waals surface area contributed by atoms with Crippen molar-refractivity contribution in [1.29, 1.82) is 0 Å². The minimum absolute atomic E-state index is 0.628. The summed E-state index contributed by atoms with van der Waals surface area (Å²) < 4.78 is 6.57.